The van der Waals surface area contributed by atoms with Gasteiger partial charge in [-0.15, -0.1) is 0 Å². The number of aromatic nitrogens is 2. The van der Waals surface area contributed by atoms with Gasteiger partial charge in [-0.1, -0.05) is 30.3 Å². The second kappa shape index (κ2) is 3.48. The van der Waals surface area contributed by atoms with E-state index >= 15 is 0 Å². The van der Waals surface area contributed by atoms with E-state index in [1.165, 1.54) is 5.56 Å². The molecule has 4 nitrogen and oxygen atoms in total. The van der Waals surface area contributed by atoms with E-state index in [2.05, 4.69) is 22.2 Å². The predicted molar refractivity (Wildman–Crippen MR) is 62.1 cm³/mol. The zero-order valence-corrected chi connectivity index (χ0v) is 8.74. The molecule has 1 aliphatic rings. The third-order valence-electron chi connectivity index (χ3n) is 2.80. The number of amidine groups is 1. The van der Waals surface area contributed by atoms with Crippen LogP contribution in [0.25, 0.3) is 0 Å². The zero-order valence-electron chi connectivity index (χ0n) is 8.74. The third-order valence-corrected chi connectivity index (χ3v) is 2.80. The summed E-state index contributed by atoms with van der Waals surface area (Å²) in [6, 6.07) is 12.1. The van der Waals surface area contributed by atoms with Gasteiger partial charge in [-0.25, -0.2) is 0 Å². The van der Waals surface area contributed by atoms with Gasteiger partial charge < -0.3 is 5.73 Å². The highest BCUT2D eigenvalue weighted by atomic mass is 15.3. The lowest BCUT2D eigenvalue weighted by molar-refractivity contribution is 0.511. The Morgan fingerprint density at radius 2 is 2.00 bits per heavy atom. The average Bonchev–Trinajstić information content (AvgIpc) is 2.79. The molecule has 0 spiro atoms. The number of hydrogen-bond acceptors (Lipinski definition) is 3. The molecule has 0 fully saturated rings. The monoisotopic (exact) mass is 212 g/mol. The lowest BCUT2D eigenvalue weighted by Crippen LogP contribution is -2.27. The molecular weight excluding hydrogens is 200 g/mol. The molecule has 1 aromatic heterocycles. The number of aliphatic imine (C=N–C) groups is 1. The van der Waals surface area contributed by atoms with Gasteiger partial charge in [0.2, 0.25) is 0 Å². The average molecular weight is 212 g/mol. The molecule has 2 aromatic rings. The minimum absolute atomic E-state index is 0.0774. The van der Waals surface area contributed by atoms with Crippen LogP contribution in [0.3, 0.4) is 0 Å². The van der Waals surface area contributed by atoms with Crippen molar-refractivity contribution in [2.45, 2.75) is 12.6 Å². The van der Waals surface area contributed by atoms with E-state index in [-0.39, 0.29) is 6.04 Å². The first kappa shape index (κ1) is 9.15. The Hall–Kier alpha value is -2.10. The van der Waals surface area contributed by atoms with Crippen molar-refractivity contribution in [1.29, 1.82) is 0 Å². The molecule has 0 bridgehead atoms. The maximum Gasteiger partial charge on any atom is 0.144 e. The molecule has 3 rings (SSSR count). The molecule has 16 heavy (non-hydrogen) atoms. The van der Waals surface area contributed by atoms with Gasteiger partial charge in [0.15, 0.2) is 0 Å². The fourth-order valence-electron chi connectivity index (χ4n) is 1.99. The predicted octanol–water partition coefficient (Wildman–Crippen LogP) is 1.34. The van der Waals surface area contributed by atoms with Crippen LogP contribution < -0.4 is 5.73 Å². The Morgan fingerprint density at radius 1 is 1.19 bits per heavy atom. The van der Waals surface area contributed by atoms with Crippen LogP contribution in [0.15, 0.2) is 47.6 Å². The molecule has 1 unspecified atom stereocenters. The summed E-state index contributed by atoms with van der Waals surface area (Å²) in [7, 11) is 0. The van der Waals surface area contributed by atoms with E-state index in [9.17, 15) is 0 Å². The molecule has 0 saturated heterocycles. The van der Waals surface area contributed by atoms with Crippen LogP contribution in [0.1, 0.15) is 17.3 Å². The van der Waals surface area contributed by atoms with Gasteiger partial charge in [0.05, 0.1) is 12.6 Å². The van der Waals surface area contributed by atoms with Crippen LogP contribution in [0.4, 0.5) is 0 Å². The first-order valence-electron chi connectivity index (χ1n) is 5.25. The lowest BCUT2D eigenvalue weighted by Gasteiger charge is -2.20. The molecule has 80 valence electrons. The van der Waals surface area contributed by atoms with Crippen molar-refractivity contribution in [3.63, 3.8) is 0 Å². The molecular formula is C12H12N4. The van der Waals surface area contributed by atoms with Crippen molar-refractivity contribution >= 4 is 5.84 Å². The van der Waals surface area contributed by atoms with E-state index in [0.29, 0.717) is 5.84 Å². The smallest absolute Gasteiger partial charge is 0.144 e. The van der Waals surface area contributed by atoms with Gasteiger partial charge in [-0.2, -0.15) is 5.10 Å². The van der Waals surface area contributed by atoms with Crippen LogP contribution in [-0.2, 0) is 6.54 Å². The van der Waals surface area contributed by atoms with Crippen LogP contribution in [0, 0.1) is 0 Å². The Morgan fingerprint density at radius 3 is 2.81 bits per heavy atom. The topological polar surface area (TPSA) is 56.2 Å². The molecule has 0 amide bonds. The van der Waals surface area contributed by atoms with Crippen molar-refractivity contribution in [1.82, 2.24) is 9.78 Å². The number of benzene rings is 1. The van der Waals surface area contributed by atoms with E-state index < -0.39 is 0 Å². The molecule has 4 heteroatoms. The maximum absolute atomic E-state index is 5.91. The molecule has 2 N–H and O–H groups in total. The summed E-state index contributed by atoms with van der Waals surface area (Å²) >= 11 is 0. The van der Waals surface area contributed by atoms with E-state index in [0.717, 1.165) is 12.2 Å². The summed E-state index contributed by atoms with van der Waals surface area (Å²) < 4.78 is 1.90. The van der Waals surface area contributed by atoms with Gasteiger partial charge in [0.25, 0.3) is 0 Å². The Balaban J connectivity index is 2.00. The minimum Gasteiger partial charge on any atom is -0.382 e. The lowest BCUT2D eigenvalue weighted by atomic mass is 10.1. The van der Waals surface area contributed by atoms with Crippen LogP contribution >= 0.6 is 0 Å². The fourth-order valence-corrected chi connectivity index (χ4v) is 1.99. The van der Waals surface area contributed by atoms with Crippen molar-refractivity contribution in [3.8, 4) is 0 Å². The Kier molecular flexibility index (Phi) is 1.99. The molecule has 1 aliphatic heterocycles. The summed E-state index contributed by atoms with van der Waals surface area (Å²) in [6.45, 7) is 0.757. The summed E-state index contributed by atoms with van der Waals surface area (Å²) in [5.41, 5.74) is 7.99. The molecule has 1 atom stereocenters. The second-order valence-corrected chi connectivity index (χ2v) is 3.84. The first-order valence-corrected chi connectivity index (χ1v) is 5.25. The standard InChI is InChI=1S/C12H12N4/c13-12-11-6-7-14-16(11)8-10(15-12)9-4-2-1-3-5-9/h1-7,10H,8H2,(H2,13,15). The van der Waals surface area contributed by atoms with Crippen LogP contribution in [0.2, 0.25) is 0 Å². The van der Waals surface area contributed by atoms with E-state index in [4.69, 9.17) is 5.73 Å². The normalized spacial score (nSPS) is 19.0. The first-order chi connectivity index (χ1) is 7.84. The summed E-state index contributed by atoms with van der Waals surface area (Å²) in [4.78, 5) is 4.50. The number of fused-ring (bicyclic) bond motifs is 1. The Labute approximate surface area is 93.4 Å². The molecule has 2 heterocycles. The highest BCUT2D eigenvalue weighted by Gasteiger charge is 2.20. The highest BCUT2D eigenvalue weighted by molar-refractivity contribution is 5.96. The van der Waals surface area contributed by atoms with Gasteiger partial charge in [-0.05, 0) is 11.6 Å². The maximum atomic E-state index is 5.91. The van der Waals surface area contributed by atoms with Crippen LogP contribution in [0.5, 0.6) is 0 Å². The van der Waals surface area contributed by atoms with Crippen molar-refractivity contribution in [2.75, 3.05) is 0 Å². The highest BCUT2D eigenvalue weighted by Crippen LogP contribution is 2.23. The van der Waals surface area contributed by atoms with Gasteiger partial charge in [0, 0.05) is 6.20 Å². The van der Waals surface area contributed by atoms with Gasteiger partial charge in [-0.3, -0.25) is 9.67 Å². The summed E-state index contributed by atoms with van der Waals surface area (Å²) in [5.74, 6) is 0.567. The summed E-state index contributed by atoms with van der Waals surface area (Å²) in [6.07, 6.45) is 1.76. The number of rotatable bonds is 1. The third kappa shape index (κ3) is 1.39. The van der Waals surface area contributed by atoms with E-state index in [1.807, 2.05) is 28.9 Å². The SMILES string of the molecule is NC1=NC(c2ccccc2)Cn2nccc21. The number of hydrogen-bond donors (Lipinski definition) is 1. The molecule has 0 radical (unpaired) electrons. The Bertz CT molecular complexity index is 527. The van der Waals surface area contributed by atoms with Gasteiger partial charge >= 0.3 is 0 Å². The number of nitrogens with zero attached hydrogens (tertiary/aromatic N) is 3. The molecule has 0 aliphatic carbocycles. The minimum atomic E-state index is 0.0774. The molecule has 0 saturated carbocycles. The second-order valence-electron chi connectivity index (χ2n) is 3.84. The van der Waals surface area contributed by atoms with Crippen molar-refractivity contribution in [3.05, 3.63) is 53.9 Å². The quantitative estimate of drug-likeness (QED) is 0.775. The zero-order chi connectivity index (χ0) is 11.0. The molecule has 1 aromatic carbocycles. The fraction of sp³-hybridized carbons (Fsp3) is 0.167. The summed E-state index contributed by atoms with van der Waals surface area (Å²) in [5, 5.41) is 4.24. The van der Waals surface area contributed by atoms with Crippen molar-refractivity contribution < 1.29 is 0 Å². The van der Waals surface area contributed by atoms with E-state index in [1.54, 1.807) is 6.20 Å². The number of nitrogens with two attached hydrogens (primary N) is 1. The van der Waals surface area contributed by atoms with Crippen molar-refractivity contribution in [2.24, 2.45) is 10.7 Å². The largest absolute Gasteiger partial charge is 0.382 e. The van der Waals surface area contributed by atoms with Gasteiger partial charge in [0.1, 0.15) is 11.5 Å². The van der Waals surface area contributed by atoms with Crippen LogP contribution in [-0.4, -0.2) is 15.6 Å².